The molecule has 1 heterocycles. The second-order valence-electron chi connectivity index (χ2n) is 4.76. The quantitative estimate of drug-likeness (QED) is 0.677. The Morgan fingerprint density at radius 3 is 2.89 bits per heavy atom. The van der Waals surface area contributed by atoms with E-state index in [1.54, 1.807) is 6.33 Å². The van der Waals surface area contributed by atoms with Crippen LogP contribution in [0.5, 0.6) is 0 Å². The molecule has 0 aromatic carbocycles. The topological polar surface area (TPSA) is 59.0 Å². The number of carbonyl (C=O) groups is 1. The standard InChI is InChI=1S/C13H24N4O/c1-4-6-14-7-5-12-8-17(10-15-12)9-13(18)16-11(2)3/h8,10-11,14H,4-7,9H2,1-3H3,(H,16,18). The van der Waals surface area contributed by atoms with Crippen LogP contribution in [0.15, 0.2) is 12.5 Å². The van der Waals surface area contributed by atoms with Gasteiger partial charge in [-0.1, -0.05) is 6.92 Å². The number of carbonyl (C=O) groups excluding carboxylic acids is 1. The van der Waals surface area contributed by atoms with Crippen LogP contribution >= 0.6 is 0 Å². The molecule has 0 spiro atoms. The predicted molar refractivity (Wildman–Crippen MR) is 72.4 cm³/mol. The minimum absolute atomic E-state index is 0.0260. The van der Waals surface area contributed by atoms with E-state index < -0.39 is 0 Å². The van der Waals surface area contributed by atoms with Gasteiger partial charge >= 0.3 is 0 Å². The molecule has 0 atom stereocenters. The monoisotopic (exact) mass is 252 g/mol. The van der Waals surface area contributed by atoms with E-state index in [4.69, 9.17) is 0 Å². The van der Waals surface area contributed by atoms with Gasteiger partial charge in [-0.2, -0.15) is 0 Å². The molecule has 1 amide bonds. The first-order valence-corrected chi connectivity index (χ1v) is 6.62. The molecule has 1 aromatic rings. The van der Waals surface area contributed by atoms with E-state index >= 15 is 0 Å². The molecule has 0 aliphatic rings. The summed E-state index contributed by atoms with van der Waals surface area (Å²) >= 11 is 0. The number of nitrogens with zero attached hydrogens (tertiary/aromatic N) is 2. The summed E-state index contributed by atoms with van der Waals surface area (Å²) in [5, 5.41) is 6.19. The molecule has 0 saturated heterocycles. The van der Waals surface area contributed by atoms with Gasteiger partial charge in [0.15, 0.2) is 0 Å². The molecule has 0 aliphatic carbocycles. The van der Waals surface area contributed by atoms with Crippen LogP contribution in [0.4, 0.5) is 0 Å². The Labute approximate surface area is 109 Å². The van der Waals surface area contributed by atoms with Crippen molar-refractivity contribution < 1.29 is 4.79 Å². The number of rotatable bonds is 8. The third kappa shape index (κ3) is 5.82. The van der Waals surface area contributed by atoms with E-state index in [1.165, 1.54) is 0 Å². The number of hydrogen-bond donors (Lipinski definition) is 2. The maximum atomic E-state index is 11.6. The van der Waals surface area contributed by atoms with Gasteiger partial charge in [-0.15, -0.1) is 0 Å². The molecule has 5 heteroatoms. The van der Waals surface area contributed by atoms with E-state index in [2.05, 4.69) is 22.5 Å². The second-order valence-corrected chi connectivity index (χ2v) is 4.76. The zero-order chi connectivity index (χ0) is 13.4. The Kier molecular flexibility index (Phi) is 6.43. The molecular weight excluding hydrogens is 228 g/mol. The lowest BCUT2D eigenvalue weighted by Gasteiger charge is -2.08. The van der Waals surface area contributed by atoms with Crippen molar-refractivity contribution in [3.8, 4) is 0 Å². The highest BCUT2D eigenvalue weighted by Gasteiger charge is 2.05. The zero-order valence-electron chi connectivity index (χ0n) is 11.6. The molecule has 0 bridgehead atoms. The van der Waals surface area contributed by atoms with Gasteiger partial charge in [0.1, 0.15) is 6.54 Å². The SMILES string of the molecule is CCCNCCc1cn(CC(=O)NC(C)C)cn1. The van der Waals surface area contributed by atoms with Crippen molar-refractivity contribution in [3.63, 3.8) is 0 Å². The van der Waals surface area contributed by atoms with Gasteiger partial charge in [-0.25, -0.2) is 4.98 Å². The summed E-state index contributed by atoms with van der Waals surface area (Å²) in [6, 6.07) is 0.179. The van der Waals surface area contributed by atoms with E-state index in [1.807, 2.05) is 24.6 Å². The van der Waals surface area contributed by atoms with Gasteiger partial charge in [-0.05, 0) is 26.8 Å². The zero-order valence-corrected chi connectivity index (χ0v) is 11.6. The normalized spacial score (nSPS) is 10.9. The highest BCUT2D eigenvalue weighted by molar-refractivity contribution is 5.75. The van der Waals surface area contributed by atoms with E-state index in [0.29, 0.717) is 6.54 Å². The van der Waals surface area contributed by atoms with Gasteiger partial charge in [-0.3, -0.25) is 4.79 Å². The summed E-state index contributed by atoms with van der Waals surface area (Å²) in [6.45, 7) is 8.37. The Morgan fingerprint density at radius 1 is 1.44 bits per heavy atom. The first-order valence-electron chi connectivity index (χ1n) is 6.62. The number of imidazole rings is 1. The van der Waals surface area contributed by atoms with Gasteiger partial charge in [0.25, 0.3) is 0 Å². The van der Waals surface area contributed by atoms with Crippen molar-refractivity contribution in [1.82, 2.24) is 20.2 Å². The van der Waals surface area contributed by atoms with Gasteiger partial charge in [0.05, 0.1) is 12.0 Å². The number of aromatic nitrogens is 2. The fourth-order valence-electron chi connectivity index (χ4n) is 1.67. The summed E-state index contributed by atoms with van der Waals surface area (Å²) < 4.78 is 1.83. The van der Waals surface area contributed by atoms with Crippen LogP contribution in [0.25, 0.3) is 0 Å². The molecule has 0 unspecified atom stereocenters. The summed E-state index contributed by atoms with van der Waals surface area (Å²) in [7, 11) is 0. The maximum absolute atomic E-state index is 11.6. The number of nitrogens with one attached hydrogen (secondary N) is 2. The fraction of sp³-hybridized carbons (Fsp3) is 0.692. The van der Waals surface area contributed by atoms with Crippen LogP contribution in [-0.4, -0.2) is 34.6 Å². The van der Waals surface area contributed by atoms with E-state index in [-0.39, 0.29) is 11.9 Å². The van der Waals surface area contributed by atoms with Crippen LogP contribution in [0.2, 0.25) is 0 Å². The fourth-order valence-corrected chi connectivity index (χ4v) is 1.67. The minimum atomic E-state index is 0.0260. The molecule has 2 N–H and O–H groups in total. The summed E-state index contributed by atoms with van der Waals surface area (Å²) in [5.74, 6) is 0.0260. The first-order chi connectivity index (χ1) is 8.61. The average Bonchev–Trinajstić information content (AvgIpc) is 2.71. The average molecular weight is 252 g/mol. The summed E-state index contributed by atoms with van der Waals surface area (Å²) in [4.78, 5) is 15.8. The van der Waals surface area contributed by atoms with Gasteiger partial charge in [0.2, 0.25) is 5.91 Å². The molecular formula is C13H24N4O. The molecule has 0 radical (unpaired) electrons. The number of amides is 1. The molecule has 18 heavy (non-hydrogen) atoms. The van der Waals surface area contributed by atoms with Crippen LogP contribution in [-0.2, 0) is 17.8 Å². The first kappa shape index (κ1) is 14.7. The van der Waals surface area contributed by atoms with E-state index in [9.17, 15) is 4.79 Å². The third-order valence-electron chi connectivity index (χ3n) is 2.45. The van der Waals surface area contributed by atoms with Crippen LogP contribution in [0.3, 0.4) is 0 Å². The Bertz CT molecular complexity index is 360. The van der Waals surface area contributed by atoms with Gasteiger partial charge < -0.3 is 15.2 Å². The van der Waals surface area contributed by atoms with Crippen molar-refractivity contribution in [2.45, 2.75) is 46.2 Å². The lowest BCUT2D eigenvalue weighted by atomic mass is 10.3. The Morgan fingerprint density at radius 2 is 2.22 bits per heavy atom. The van der Waals surface area contributed by atoms with Crippen LogP contribution in [0.1, 0.15) is 32.9 Å². The highest BCUT2D eigenvalue weighted by atomic mass is 16.2. The minimum Gasteiger partial charge on any atom is -0.352 e. The Hall–Kier alpha value is -1.36. The molecule has 0 aliphatic heterocycles. The molecule has 102 valence electrons. The third-order valence-corrected chi connectivity index (χ3v) is 2.45. The predicted octanol–water partition coefficient (Wildman–Crippen LogP) is 0.950. The van der Waals surface area contributed by atoms with Crippen molar-refractivity contribution in [2.75, 3.05) is 13.1 Å². The molecule has 1 aromatic heterocycles. The van der Waals surface area contributed by atoms with Crippen molar-refractivity contribution >= 4 is 5.91 Å². The van der Waals surface area contributed by atoms with Crippen molar-refractivity contribution in [2.24, 2.45) is 0 Å². The summed E-state index contributed by atoms with van der Waals surface area (Å²) in [5.41, 5.74) is 1.02. The Balaban J connectivity index is 2.31. The molecule has 1 rings (SSSR count). The molecule has 0 fully saturated rings. The largest absolute Gasteiger partial charge is 0.352 e. The van der Waals surface area contributed by atoms with Crippen molar-refractivity contribution in [3.05, 3.63) is 18.2 Å². The smallest absolute Gasteiger partial charge is 0.240 e. The highest BCUT2D eigenvalue weighted by Crippen LogP contribution is 1.97. The molecule has 0 saturated carbocycles. The second kappa shape index (κ2) is 7.87. The van der Waals surface area contributed by atoms with Gasteiger partial charge in [0, 0.05) is 25.2 Å². The van der Waals surface area contributed by atoms with Crippen LogP contribution in [0, 0.1) is 0 Å². The lowest BCUT2D eigenvalue weighted by molar-refractivity contribution is -0.122. The molecule has 5 nitrogen and oxygen atoms in total. The summed E-state index contributed by atoms with van der Waals surface area (Å²) in [6.07, 6.45) is 5.70. The lowest BCUT2D eigenvalue weighted by Crippen LogP contribution is -2.32. The van der Waals surface area contributed by atoms with Crippen LogP contribution < -0.4 is 10.6 Å². The number of hydrogen-bond acceptors (Lipinski definition) is 3. The van der Waals surface area contributed by atoms with E-state index in [0.717, 1.165) is 31.6 Å². The maximum Gasteiger partial charge on any atom is 0.240 e. The van der Waals surface area contributed by atoms with Crippen molar-refractivity contribution in [1.29, 1.82) is 0 Å².